The van der Waals surface area contributed by atoms with Crippen LogP contribution < -0.4 is 5.32 Å². The normalized spacial score (nSPS) is 10.7. The molecule has 118 valence electrons. The molecule has 0 spiro atoms. The van der Waals surface area contributed by atoms with Crippen molar-refractivity contribution in [3.8, 4) is 11.4 Å². The molecule has 3 rings (SSSR count). The lowest BCUT2D eigenvalue weighted by atomic mass is 10.1. The fourth-order valence-electron chi connectivity index (χ4n) is 2.22. The summed E-state index contributed by atoms with van der Waals surface area (Å²) in [5.41, 5.74) is 1.52. The van der Waals surface area contributed by atoms with Gasteiger partial charge in [-0.2, -0.15) is 5.10 Å². The summed E-state index contributed by atoms with van der Waals surface area (Å²) in [6, 6.07) is 7.53. The molecule has 0 fully saturated rings. The number of nitrogens with one attached hydrogen (secondary N) is 2. The lowest BCUT2D eigenvalue weighted by Gasteiger charge is -2.09. The molecule has 2 aromatic heterocycles. The lowest BCUT2D eigenvalue weighted by Crippen LogP contribution is -2.14. The predicted molar refractivity (Wildman–Crippen MR) is 86.7 cm³/mol. The number of imidazole rings is 1. The number of benzene rings is 1. The Morgan fingerprint density at radius 1 is 1.35 bits per heavy atom. The zero-order chi connectivity index (χ0) is 16.1. The Balaban J connectivity index is 1.71. The number of aromatic nitrogens is 5. The molecule has 0 saturated heterocycles. The first-order valence-electron chi connectivity index (χ1n) is 7.52. The highest BCUT2D eigenvalue weighted by Gasteiger charge is 2.12. The van der Waals surface area contributed by atoms with Crippen LogP contribution in [0.4, 0.5) is 5.69 Å². The van der Waals surface area contributed by atoms with Gasteiger partial charge in [-0.05, 0) is 12.1 Å². The summed E-state index contributed by atoms with van der Waals surface area (Å²) in [6.07, 6.45) is 6.38. The summed E-state index contributed by atoms with van der Waals surface area (Å²) >= 11 is 0. The first-order valence-corrected chi connectivity index (χ1v) is 7.52. The van der Waals surface area contributed by atoms with E-state index < -0.39 is 0 Å². The van der Waals surface area contributed by atoms with E-state index in [1.54, 1.807) is 12.5 Å². The summed E-state index contributed by atoms with van der Waals surface area (Å²) in [7, 11) is 0. The van der Waals surface area contributed by atoms with Gasteiger partial charge in [-0.25, -0.2) is 9.97 Å². The molecule has 2 heterocycles. The number of aryl methyl sites for hydroxylation is 2. The molecule has 0 atom stereocenters. The molecule has 1 amide bonds. The number of amides is 1. The average molecular weight is 310 g/mol. The van der Waals surface area contributed by atoms with Gasteiger partial charge in [0, 0.05) is 37.3 Å². The minimum atomic E-state index is -0.0580. The smallest absolute Gasteiger partial charge is 0.226 e. The van der Waals surface area contributed by atoms with Crippen LogP contribution in [0.2, 0.25) is 0 Å². The Bertz CT molecular complexity index is 777. The Hall–Kier alpha value is -2.96. The fraction of sp³-hybridized carbons (Fsp3) is 0.250. The maximum Gasteiger partial charge on any atom is 0.226 e. The summed E-state index contributed by atoms with van der Waals surface area (Å²) < 4.78 is 1.87. The quantitative estimate of drug-likeness (QED) is 0.731. The summed E-state index contributed by atoms with van der Waals surface area (Å²) in [5, 5.41) is 10.0. The molecule has 0 radical (unpaired) electrons. The van der Waals surface area contributed by atoms with Crippen molar-refractivity contribution in [3.63, 3.8) is 0 Å². The topological polar surface area (TPSA) is 88.5 Å². The molecular weight excluding hydrogens is 292 g/mol. The van der Waals surface area contributed by atoms with E-state index in [-0.39, 0.29) is 5.91 Å². The third-order valence-corrected chi connectivity index (χ3v) is 3.46. The van der Waals surface area contributed by atoms with Crippen molar-refractivity contribution < 1.29 is 4.79 Å². The largest absolute Gasteiger partial charge is 0.337 e. The zero-order valence-electron chi connectivity index (χ0n) is 12.9. The van der Waals surface area contributed by atoms with Crippen molar-refractivity contribution in [2.45, 2.75) is 26.3 Å². The molecular formula is C16H18N6O. The second-order valence-electron chi connectivity index (χ2n) is 5.10. The van der Waals surface area contributed by atoms with Crippen LogP contribution in [0.25, 0.3) is 11.4 Å². The standard InChI is InChI=1S/C16H18N6O/c1-2-14-19-16(21-20-14)12-5-3-4-6-13(12)18-15(23)7-9-22-10-8-17-11-22/h3-6,8,10-11H,2,7,9H2,1H3,(H,18,23)(H,19,20,21). The van der Waals surface area contributed by atoms with Crippen LogP contribution in [0.15, 0.2) is 43.0 Å². The SMILES string of the molecule is CCc1nc(-c2ccccc2NC(=O)CCn2ccnc2)n[nH]1. The summed E-state index contributed by atoms with van der Waals surface area (Å²) in [6.45, 7) is 2.60. The molecule has 0 aliphatic heterocycles. The van der Waals surface area contributed by atoms with Crippen molar-refractivity contribution >= 4 is 11.6 Å². The van der Waals surface area contributed by atoms with Gasteiger partial charge in [0.2, 0.25) is 5.91 Å². The van der Waals surface area contributed by atoms with Gasteiger partial charge in [-0.15, -0.1) is 0 Å². The van der Waals surface area contributed by atoms with E-state index in [1.807, 2.05) is 42.0 Å². The van der Waals surface area contributed by atoms with Gasteiger partial charge in [0.25, 0.3) is 0 Å². The molecule has 0 bridgehead atoms. The van der Waals surface area contributed by atoms with Crippen LogP contribution in [-0.4, -0.2) is 30.6 Å². The molecule has 3 aromatic rings. The Labute approximate surface area is 133 Å². The highest BCUT2D eigenvalue weighted by molar-refractivity contribution is 5.94. The number of carbonyl (C=O) groups is 1. The van der Waals surface area contributed by atoms with Crippen LogP contribution in [0.3, 0.4) is 0 Å². The zero-order valence-corrected chi connectivity index (χ0v) is 12.9. The van der Waals surface area contributed by atoms with Crippen LogP contribution >= 0.6 is 0 Å². The van der Waals surface area contributed by atoms with Crippen LogP contribution in [0, 0.1) is 0 Å². The molecule has 2 N–H and O–H groups in total. The van der Waals surface area contributed by atoms with E-state index in [0.29, 0.717) is 24.5 Å². The number of H-pyrrole nitrogens is 1. The van der Waals surface area contributed by atoms with Crippen molar-refractivity contribution in [1.82, 2.24) is 24.7 Å². The Morgan fingerprint density at radius 3 is 2.96 bits per heavy atom. The first kappa shape index (κ1) is 15.0. The summed E-state index contributed by atoms with van der Waals surface area (Å²) in [5.74, 6) is 1.35. The minimum Gasteiger partial charge on any atom is -0.337 e. The first-order chi connectivity index (χ1) is 11.3. The van der Waals surface area contributed by atoms with Gasteiger partial charge in [0.15, 0.2) is 5.82 Å². The number of hydrogen-bond donors (Lipinski definition) is 2. The second-order valence-corrected chi connectivity index (χ2v) is 5.10. The maximum atomic E-state index is 12.2. The molecule has 7 nitrogen and oxygen atoms in total. The number of rotatable bonds is 6. The van der Waals surface area contributed by atoms with E-state index in [9.17, 15) is 4.79 Å². The van der Waals surface area contributed by atoms with Crippen LogP contribution in [-0.2, 0) is 17.8 Å². The predicted octanol–water partition coefficient (Wildman–Crippen LogP) is 2.26. The van der Waals surface area contributed by atoms with E-state index in [0.717, 1.165) is 17.8 Å². The van der Waals surface area contributed by atoms with Crippen molar-refractivity contribution in [2.24, 2.45) is 0 Å². The second kappa shape index (κ2) is 6.87. The number of carbonyl (C=O) groups excluding carboxylic acids is 1. The number of para-hydroxylation sites is 1. The van der Waals surface area contributed by atoms with E-state index in [2.05, 4.69) is 25.5 Å². The van der Waals surface area contributed by atoms with Crippen LogP contribution in [0.1, 0.15) is 19.2 Å². The van der Waals surface area contributed by atoms with Gasteiger partial charge in [0.1, 0.15) is 5.82 Å². The van der Waals surface area contributed by atoms with Gasteiger partial charge >= 0.3 is 0 Å². The van der Waals surface area contributed by atoms with E-state index >= 15 is 0 Å². The average Bonchev–Trinajstić information content (AvgIpc) is 3.25. The van der Waals surface area contributed by atoms with E-state index in [1.165, 1.54) is 0 Å². The molecule has 0 saturated carbocycles. The molecule has 0 unspecified atom stereocenters. The molecule has 7 heteroatoms. The van der Waals surface area contributed by atoms with Crippen molar-refractivity contribution in [3.05, 3.63) is 48.8 Å². The van der Waals surface area contributed by atoms with Gasteiger partial charge < -0.3 is 9.88 Å². The fourth-order valence-corrected chi connectivity index (χ4v) is 2.22. The summed E-state index contributed by atoms with van der Waals surface area (Å²) in [4.78, 5) is 20.5. The highest BCUT2D eigenvalue weighted by Crippen LogP contribution is 2.25. The third-order valence-electron chi connectivity index (χ3n) is 3.46. The van der Waals surface area contributed by atoms with Crippen LogP contribution in [0.5, 0.6) is 0 Å². The van der Waals surface area contributed by atoms with Gasteiger partial charge in [0.05, 0.1) is 12.0 Å². The highest BCUT2D eigenvalue weighted by atomic mass is 16.1. The number of nitrogens with zero attached hydrogens (tertiary/aromatic N) is 4. The molecule has 0 aliphatic rings. The monoisotopic (exact) mass is 310 g/mol. The van der Waals surface area contributed by atoms with Crippen molar-refractivity contribution in [1.29, 1.82) is 0 Å². The number of hydrogen-bond acceptors (Lipinski definition) is 4. The van der Waals surface area contributed by atoms with Crippen molar-refractivity contribution in [2.75, 3.05) is 5.32 Å². The Morgan fingerprint density at radius 2 is 2.22 bits per heavy atom. The Kier molecular flexibility index (Phi) is 4.46. The minimum absolute atomic E-state index is 0.0580. The number of aromatic amines is 1. The lowest BCUT2D eigenvalue weighted by molar-refractivity contribution is -0.116. The molecule has 0 aliphatic carbocycles. The van der Waals surface area contributed by atoms with Gasteiger partial charge in [-0.1, -0.05) is 19.1 Å². The molecule has 23 heavy (non-hydrogen) atoms. The maximum absolute atomic E-state index is 12.2. The number of anilines is 1. The van der Waals surface area contributed by atoms with E-state index in [4.69, 9.17) is 0 Å². The third kappa shape index (κ3) is 3.63. The van der Waals surface area contributed by atoms with Gasteiger partial charge in [-0.3, -0.25) is 9.89 Å². The molecule has 1 aromatic carbocycles.